The summed E-state index contributed by atoms with van der Waals surface area (Å²) in [6, 6.07) is 9.75. The van der Waals surface area contributed by atoms with Gasteiger partial charge in [-0.05, 0) is 48.6 Å². The van der Waals surface area contributed by atoms with E-state index in [1.807, 2.05) is 66.5 Å². The van der Waals surface area contributed by atoms with Crippen LogP contribution in [0.25, 0.3) is 0 Å². The van der Waals surface area contributed by atoms with Gasteiger partial charge in [-0.1, -0.05) is 19.9 Å². The van der Waals surface area contributed by atoms with E-state index in [1.165, 1.54) is 11.3 Å². The largest absolute Gasteiger partial charge is 0.377 e. The summed E-state index contributed by atoms with van der Waals surface area (Å²) in [5.74, 6) is 0.0269. The number of anilines is 2. The van der Waals surface area contributed by atoms with Crippen LogP contribution in [0.2, 0.25) is 0 Å². The van der Waals surface area contributed by atoms with Crippen molar-refractivity contribution in [2.75, 3.05) is 24.3 Å². The van der Waals surface area contributed by atoms with Crippen LogP contribution in [0.3, 0.4) is 0 Å². The number of amides is 2. The first-order valence-corrected chi connectivity index (χ1v) is 10.2. The van der Waals surface area contributed by atoms with Crippen LogP contribution in [0, 0.1) is 0 Å². The van der Waals surface area contributed by atoms with Crippen LogP contribution in [-0.4, -0.2) is 36.9 Å². The summed E-state index contributed by atoms with van der Waals surface area (Å²) in [6.45, 7) is 6.48. The van der Waals surface area contributed by atoms with E-state index in [1.54, 1.807) is 0 Å². The van der Waals surface area contributed by atoms with Gasteiger partial charge in [-0.15, -0.1) is 11.3 Å². The van der Waals surface area contributed by atoms with E-state index in [0.717, 1.165) is 28.2 Å². The summed E-state index contributed by atoms with van der Waals surface area (Å²) in [5, 5.41) is 4.84. The second-order valence-corrected chi connectivity index (χ2v) is 7.75. The Morgan fingerprint density at radius 1 is 1.19 bits per heavy atom. The number of carbonyl (C=O) groups is 2. The van der Waals surface area contributed by atoms with Crippen molar-refractivity contribution in [2.45, 2.75) is 46.2 Å². The number of hydrogen-bond acceptors (Lipinski definition) is 4. The minimum Gasteiger partial charge on any atom is -0.377 e. The Labute approximate surface area is 166 Å². The molecule has 0 unspecified atom stereocenters. The zero-order chi connectivity index (χ0) is 20.0. The van der Waals surface area contributed by atoms with Crippen LogP contribution in [0.4, 0.5) is 11.4 Å². The Balaban J connectivity index is 2.38. The third-order valence-corrected chi connectivity index (χ3v) is 5.48. The SMILES string of the molecule is CCC(=O)Nc1ccc(N(C)C)c(CN(C(=O)c2cccs2)[C@H](C)CC)c1. The molecule has 0 saturated carbocycles. The molecule has 146 valence electrons. The molecule has 0 radical (unpaired) electrons. The Kier molecular flexibility index (Phi) is 7.42. The quantitative estimate of drug-likeness (QED) is 0.720. The second-order valence-electron chi connectivity index (χ2n) is 6.81. The number of rotatable bonds is 8. The van der Waals surface area contributed by atoms with Gasteiger partial charge < -0.3 is 15.1 Å². The van der Waals surface area contributed by atoms with E-state index in [-0.39, 0.29) is 17.9 Å². The van der Waals surface area contributed by atoms with Crippen LogP contribution >= 0.6 is 11.3 Å². The first-order chi connectivity index (χ1) is 12.9. The van der Waals surface area contributed by atoms with Crippen molar-refractivity contribution in [1.29, 1.82) is 0 Å². The molecule has 0 bridgehead atoms. The molecule has 2 rings (SSSR count). The van der Waals surface area contributed by atoms with Crippen LogP contribution in [0.1, 0.15) is 48.8 Å². The molecule has 1 aromatic carbocycles. The molecule has 0 aliphatic rings. The lowest BCUT2D eigenvalue weighted by molar-refractivity contribution is -0.115. The highest BCUT2D eigenvalue weighted by molar-refractivity contribution is 7.12. The predicted molar refractivity (Wildman–Crippen MR) is 114 cm³/mol. The van der Waals surface area contributed by atoms with Gasteiger partial charge in [-0.3, -0.25) is 9.59 Å². The highest BCUT2D eigenvalue weighted by atomic mass is 32.1. The van der Waals surface area contributed by atoms with Gasteiger partial charge in [0.25, 0.3) is 5.91 Å². The summed E-state index contributed by atoms with van der Waals surface area (Å²) in [6.07, 6.45) is 1.31. The van der Waals surface area contributed by atoms with Gasteiger partial charge in [0.1, 0.15) is 0 Å². The van der Waals surface area contributed by atoms with E-state index in [4.69, 9.17) is 0 Å². The topological polar surface area (TPSA) is 52.7 Å². The Morgan fingerprint density at radius 3 is 2.48 bits per heavy atom. The molecule has 0 aliphatic carbocycles. The highest BCUT2D eigenvalue weighted by Crippen LogP contribution is 2.27. The Morgan fingerprint density at radius 2 is 1.93 bits per heavy atom. The molecule has 1 N–H and O–H groups in total. The molecule has 0 spiro atoms. The second kappa shape index (κ2) is 9.55. The molecular weight excluding hydrogens is 358 g/mol. The fourth-order valence-electron chi connectivity index (χ4n) is 2.85. The number of carbonyl (C=O) groups excluding carboxylic acids is 2. The molecule has 1 atom stereocenters. The van der Waals surface area contributed by atoms with Crippen molar-refractivity contribution in [1.82, 2.24) is 4.90 Å². The van der Waals surface area contributed by atoms with Crippen molar-refractivity contribution in [3.63, 3.8) is 0 Å². The summed E-state index contributed by atoms with van der Waals surface area (Å²) >= 11 is 1.46. The number of thiophene rings is 1. The maximum Gasteiger partial charge on any atom is 0.264 e. The predicted octanol–water partition coefficient (Wildman–Crippen LogP) is 4.60. The van der Waals surface area contributed by atoms with Crippen LogP contribution in [0.5, 0.6) is 0 Å². The molecule has 2 aromatic rings. The van der Waals surface area contributed by atoms with Crippen molar-refractivity contribution in [3.05, 3.63) is 46.2 Å². The van der Waals surface area contributed by atoms with E-state index in [9.17, 15) is 9.59 Å². The van der Waals surface area contributed by atoms with Crippen LogP contribution in [0.15, 0.2) is 35.7 Å². The monoisotopic (exact) mass is 387 g/mol. The summed E-state index contributed by atoms with van der Waals surface area (Å²) in [7, 11) is 3.97. The summed E-state index contributed by atoms with van der Waals surface area (Å²) in [4.78, 5) is 29.5. The van der Waals surface area contributed by atoms with Crippen LogP contribution in [-0.2, 0) is 11.3 Å². The van der Waals surface area contributed by atoms with Gasteiger partial charge in [0.15, 0.2) is 0 Å². The highest BCUT2D eigenvalue weighted by Gasteiger charge is 2.23. The first kappa shape index (κ1) is 21.0. The van der Waals surface area contributed by atoms with Crippen molar-refractivity contribution in [2.24, 2.45) is 0 Å². The number of nitrogens with one attached hydrogen (secondary N) is 1. The van der Waals surface area contributed by atoms with Gasteiger partial charge in [0.2, 0.25) is 5.91 Å². The molecule has 0 saturated heterocycles. The van der Waals surface area contributed by atoms with Gasteiger partial charge in [0.05, 0.1) is 4.88 Å². The lowest BCUT2D eigenvalue weighted by atomic mass is 10.1. The first-order valence-electron chi connectivity index (χ1n) is 9.31. The number of hydrogen-bond donors (Lipinski definition) is 1. The average molecular weight is 388 g/mol. The Hall–Kier alpha value is -2.34. The molecule has 1 aromatic heterocycles. The average Bonchev–Trinajstić information content (AvgIpc) is 3.19. The smallest absolute Gasteiger partial charge is 0.264 e. The van der Waals surface area contributed by atoms with Gasteiger partial charge >= 0.3 is 0 Å². The molecule has 2 amide bonds. The van der Waals surface area contributed by atoms with Gasteiger partial charge in [0, 0.05) is 44.5 Å². The summed E-state index contributed by atoms with van der Waals surface area (Å²) < 4.78 is 0. The zero-order valence-corrected chi connectivity index (χ0v) is 17.6. The van der Waals surface area contributed by atoms with Gasteiger partial charge in [-0.25, -0.2) is 0 Å². The third kappa shape index (κ3) is 5.32. The zero-order valence-electron chi connectivity index (χ0n) is 16.8. The van der Waals surface area contributed by atoms with E-state index >= 15 is 0 Å². The normalized spacial score (nSPS) is 11.7. The maximum atomic E-state index is 13.1. The lowest BCUT2D eigenvalue weighted by Gasteiger charge is -2.30. The standard InChI is InChI=1S/C21H29N3O2S/c1-6-15(3)24(21(26)19-9-8-12-27-19)14-16-13-17(22-20(25)7-2)10-11-18(16)23(4)5/h8-13,15H,6-7,14H2,1-5H3,(H,22,25)/t15-/m1/s1. The van der Waals surface area contributed by atoms with E-state index in [2.05, 4.69) is 19.2 Å². The molecule has 0 aliphatic heterocycles. The van der Waals surface area contributed by atoms with E-state index in [0.29, 0.717) is 13.0 Å². The molecule has 5 nitrogen and oxygen atoms in total. The number of nitrogens with zero attached hydrogens (tertiary/aromatic N) is 2. The summed E-state index contributed by atoms with van der Waals surface area (Å²) in [5.41, 5.74) is 2.81. The van der Waals surface area contributed by atoms with E-state index < -0.39 is 0 Å². The van der Waals surface area contributed by atoms with Crippen molar-refractivity contribution >= 4 is 34.5 Å². The number of benzene rings is 1. The molecule has 0 fully saturated rings. The Bertz CT molecular complexity index is 772. The van der Waals surface area contributed by atoms with Gasteiger partial charge in [-0.2, -0.15) is 0 Å². The minimum atomic E-state index is -0.0213. The van der Waals surface area contributed by atoms with Crippen molar-refractivity contribution < 1.29 is 9.59 Å². The minimum absolute atomic E-state index is 0.0213. The molecule has 6 heteroatoms. The van der Waals surface area contributed by atoms with Crippen LogP contribution < -0.4 is 10.2 Å². The fraction of sp³-hybridized carbons (Fsp3) is 0.429. The third-order valence-electron chi connectivity index (χ3n) is 4.62. The maximum absolute atomic E-state index is 13.1. The van der Waals surface area contributed by atoms with Crippen molar-refractivity contribution in [3.8, 4) is 0 Å². The lowest BCUT2D eigenvalue weighted by Crippen LogP contribution is -2.37. The molecular formula is C21H29N3O2S. The molecule has 1 heterocycles. The molecule has 27 heavy (non-hydrogen) atoms. The fourth-order valence-corrected chi connectivity index (χ4v) is 3.53.